The van der Waals surface area contributed by atoms with Gasteiger partial charge in [-0.2, -0.15) is 0 Å². The Bertz CT molecular complexity index is 1080. The van der Waals surface area contributed by atoms with Gasteiger partial charge in [0.15, 0.2) is 0 Å². The largest absolute Gasteiger partial charge is 0.491 e. The van der Waals surface area contributed by atoms with Crippen molar-refractivity contribution in [3.8, 4) is 5.75 Å². The summed E-state index contributed by atoms with van der Waals surface area (Å²) in [4.78, 5) is 0. The molecule has 0 aliphatic carbocycles. The zero-order chi connectivity index (χ0) is 39.2. The van der Waals surface area contributed by atoms with Crippen molar-refractivity contribution in [1.82, 2.24) is 0 Å². The van der Waals surface area contributed by atoms with E-state index in [2.05, 4.69) is 75.6 Å². The minimum absolute atomic E-state index is 0.519. The van der Waals surface area contributed by atoms with Crippen molar-refractivity contribution in [2.24, 2.45) is 0 Å². The van der Waals surface area contributed by atoms with E-state index in [4.69, 9.17) is 47.4 Å². The first-order valence-corrected chi connectivity index (χ1v) is 20.9. The third-order valence-corrected chi connectivity index (χ3v) is 8.76. The molecule has 0 aromatic heterocycles. The van der Waals surface area contributed by atoms with Crippen molar-refractivity contribution in [2.75, 3.05) is 146 Å². The van der Waals surface area contributed by atoms with Crippen LogP contribution in [0.3, 0.4) is 0 Å². The normalized spacial score (nSPS) is 11.8. The zero-order valence-electron chi connectivity index (χ0n) is 34.7. The molecule has 55 heavy (non-hydrogen) atoms. The van der Waals surface area contributed by atoms with E-state index in [9.17, 15) is 0 Å². The molecule has 0 fully saturated rings. The van der Waals surface area contributed by atoms with Crippen LogP contribution in [-0.2, 0) is 55.6 Å². The number of ether oxygens (including phenoxy) is 10. The Morgan fingerprint density at radius 3 is 1.20 bits per heavy atom. The van der Waals surface area contributed by atoms with Gasteiger partial charge in [0.05, 0.1) is 133 Å². The van der Waals surface area contributed by atoms with Crippen molar-refractivity contribution in [2.45, 2.75) is 64.8 Å². The third kappa shape index (κ3) is 31.6. The van der Waals surface area contributed by atoms with Crippen LogP contribution in [0.4, 0.5) is 0 Å². The van der Waals surface area contributed by atoms with Gasteiger partial charge in [0.2, 0.25) is 0 Å². The molecule has 2 aromatic carbocycles. The molecule has 0 atom stereocenters. The van der Waals surface area contributed by atoms with Gasteiger partial charge in [-0.25, -0.2) is 0 Å². The number of likely N-dealkylation sites (N-methyl/N-ethyl adjacent to an activating group) is 1. The van der Waals surface area contributed by atoms with E-state index in [1.807, 2.05) is 0 Å². The lowest BCUT2D eigenvalue weighted by atomic mass is 10.0. The fraction of sp³-hybridized carbons (Fsp3) is 0.727. The van der Waals surface area contributed by atoms with E-state index in [1.54, 1.807) is 0 Å². The summed E-state index contributed by atoms with van der Waals surface area (Å²) in [6.07, 6.45) is 10.5. The molecule has 0 aliphatic rings. The maximum atomic E-state index is 5.79. The summed E-state index contributed by atoms with van der Waals surface area (Å²) in [5.74, 6) is 0.889. The highest BCUT2D eigenvalue weighted by atomic mass is 16.6. The molecule has 0 spiro atoms. The van der Waals surface area contributed by atoms with Gasteiger partial charge in [-0.3, -0.25) is 0 Å². The van der Waals surface area contributed by atoms with Crippen LogP contribution in [0.2, 0.25) is 0 Å². The number of rotatable bonds is 41. The SMILES string of the molecule is CCCCCCCCCc1ccc(OCCOCCOCCOCCOCCOCCOCCOCCOCCOCC[N+](C)(C)Cc2ccccc2)cc1. The number of nitrogens with zero attached hydrogens (tertiary/aromatic N) is 1. The third-order valence-electron chi connectivity index (χ3n) is 8.76. The first-order chi connectivity index (χ1) is 27.1. The summed E-state index contributed by atoms with van der Waals surface area (Å²) in [5, 5.41) is 0. The highest BCUT2D eigenvalue weighted by Gasteiger charge is 2.15. The standard InChI is InChI=1S/C44H76NO10/c1-4-5-6-7-8-9-11-14-42-17-19-44(20-18-42)55-40-39-54-38-37-53-36-35-52-34-33-51-32-31-50-30-29-49-28-27-48-26-25-47-24-23-46-22-21-45(2,3)41-43-15-12-10-13-16-43/h10,12-13,15-20H,4-9,11,14,21-41H2,1-3H3/q+1. The molecule has 2 aromatic rings. The van der Waals surface area contributed by atoms with Crippen LogP contribution in [0.25, 0.3) is 0 Å². The van der Waals surface area contributed by atoms with Crippen molar-refractivity contribution >= 4 is 0 Å². The maximum Gasteiger partial charge on any atom is 0.119 e. The fourth-order valence-electron chi connectivity index (χ4n) is 5.59. The molecule has 11 heteroatoms. The monoisotopic (exact) mass is 779 g/mol. The number of benzene rings is 2. The Morgan fingerprint density at radius 1 is 0.382 bits per heavy atom. The summed E-state index contributed by atoms with van der Waals surface area (Å²) >= 11 is 0. The Hall–Kier alpha value is -2.16. The summed E-state index contributed by atoms with van der Waals surface area (Å²) in [6.45, 7) is 14.5. The van der Waals surface area contributed by atoms with Gasteiger partial charge in [-0.15, -0.1) is 0 Å². The molecule has 0 heterocycles. The Labute approximate surface area is 333 Å². The smallest absolute Gasteiger partial charge is 0.119 e. The molecule has 0 aliphatic heterocycles. The molecule has 0 unspecified atom stereocenters. The lowest BCUT2D eigenvalue weighted by molar-refractivity contribution is -0.904. The average molecular weight is 779 g/mol. The van der Waals surface area contributed by atoms with E-state index in [0.29, 0.717) is 126 Å². The predicted molar refractivity (Wildman–Crippen MR) is 218 cm³/mol. The number of hydrogen-bond acceptors (Lipinski definition) is 10. The zero-order valence-corrected chi connectivity index (χ0v) is 34.7. The minimum atomic E-state index is 0.519. The number of unbranched alkanes of at least 4 members (excludes halogenated alkanes) is 6. The van der Waals surface area contributed by atoms with Crippen LogP contribution < -0.4 is 4.74 Å². The molecular formula is C44H76NO10+. The predicted octanol–water partition coefficient (Wildman–Crippen LogP) is 6.78. The van der Waals surface area contributed by atoms with Crippen LogP contribution in [0.5, 0.6) is 5.75 Å². The van der Waals surface area contributed by atoms with E-state index in [1.165, 1.54) is 56.1 Å². The van der Waals surface area contributed by atoms with E-state index >= 15 is 0 Å². The molecule has 0 N–H and O–H groups in total. The lowest BCUT2D eigenvalue weighted by Crippen LogP contribution is -2.41. The molecular weight excluding hydrogens is 702 g/mol. The number of hydrogen-bond donors (Lipinski definition) is 0. The van der Waals surface area contributed by atoms with Gasteiger partial charge < -0.3 is 51.9 Å². The second-order valence-corrected chi connectivity index (χ2v) is 14.2. The van der Waals surface area contributed by atoms with Gasteiger partial charge in [-0.1, -0.05) is 87.9 Å². The average Bonchev–Trinajstić information content (AvgIpc) is 3.19. The summed E-state index contributed by atoms with van der Waals surface area (Å²) in [7, 11) is 4.45. The highest BCUT2D eigenvalue weighted by Crippen LogP contribution is 2.15. The van der Waals surface area contributed by atoms with E-state index in [0.717, 1.165) is 29.7 Å². The molecule has 0 bridgehead atoms. The number of quaternary nitrogens is 1. The molecule has 11 nitrogen and oxygen atoms in total. The molecule has 0 saturated heterocycles. The molecule has 316 valence electrons. The summed E-state index contributed by atoms with van der Waals surface area (Å²) in [5.41, 5.74) is 2.72. The van der Waals surface area contributed by atoms with Crippen molar-refractivity contribution in [3.05, 3.63) is 65.7 Å². The van der Waals surface area contributed by atoms with Gasteiger partial charge in [0.1, 0.15) is 25.4 Å². The van der Waals surface area contributed by atoms with Crippen LogP contribution in [0, 0.1) is 0 Å². The van der Waals surface area contributed by atoms with Crippen molar-refractivity contribution in [1.29, 1.82) is 0 Å². The first kappa shape index (κ1) is 49.0. The minimum Gasteiger partial charge on any atom is -0.491 e. The number of aryl methyl sites for hydroxylation is 1. The van der Waals surface area contributed by atoms with Crippen LogP contribution in [-0.4, -0.2) is 151 Å². The van der Waals surface area contributed by atoms with E-state index in [-0.39, 0.29) is 0 Å². The first-order valence-electron chi connectivity index (χ1n) is 20.9. The molecule has 0 radical (unpaired) electrons. The fourth-order valence-corrected chi connectivity index (χ4v) is 5.59. The highest BCUT2D eigenvalue weighted by molar-refractivity contribution is 5.27. The summed E-state index contributed by atoms with van der Waals surface area (Å²) < 4.78 is 56.9. The van der Waals surface area contributed by atoms with Crippen LogP contribution in [0.1, 0.15) is 63.0 Å². The van der Waals surface area contributed by atoms with E-state index < -0.39 is 0 Å². The van der Waals surface area contributed by atoms with Crippen LogP contribution >= 0.6 is 0 Å². The molecule has 0 saturated carbocycles. The summed E-state index contributed by atoms with van der Waals surface area (Å²) in [6, 6.07) is 19.0. The van der Waals surface area contributed by atoms with Crippen molar-refractivity contribution < 1.29 is 51.9 Å². The quantitative estimate of drug-likeness (QED) is 0.0532. The maximum absolute atomic E-state index is 5.79. The molecule has 2 rings (SSSR count). The Balaban J connectivity index is 1.19. The topological polar surface area (TPSA) is 92.3 Å². The van der Waals surface area contributed by atoms with Gasteiger partial charge >= 0.3 is 0 Å². The van der Waals surface area contributed by atoms with Crippen molar-refractivity contribution in [3.63, 3.8) is 0 Å². The van der Waals surface area contributed by atoms with Gasteiger partial charge in [-0.05, 0) is 30.5 Å². The Kier molecular flexibility index (Phi) is 32.2. The Morgan fingerprint density at radius 2 is 0.764 bits per heavy atom. The second kappa shape index (κ2) is 36.2. The second-order valence-electron chi connectivity index (χ2n) is 14.2. The van der Waals surface area contributed by atoms with Crippen LogP contribution in [0.15, 0.2) is 54.6 Å². The van der Waals surface area contributed by atoms with Gasteiger partial charge in [0.25, 0.3) is 0 Å². The molecule has 0 amide bonds. The lowest BCUT2D eigenvalue weighted by Gasteiger charge is -2.29. The van der Waals surface area contributed by atoms with Gasteiger partial charge in [0, 0.05) is 5.56 Å².